The lowest BCUT2D eigenvalue weighted by Crippen LogP contribution is -2.47. The SMILES string of the molecule is COc1cccc(N2CCN(c3ncc(I)cn3)CC2)c1. The van der Waals surface area contributed by atoms with E-state index in [9.17, 15) is 0 Å². The number of rotatable bonds is 3. The van der Waals surface area contributed by atoms with Crippen molar-refractivity contribution in [2.75, 3.05) is 43.1 Å². The molecule has 2 heterocycles. The third-order valence-electron chi connectivity index (χ3n) is 3.59. The molecule has 110 valence electrons. The van der Waals surface area contributed by atoms with Crippen LogP contribution in [0.1, 0.15) is 0 Å². The maximum atomic E-state index is 5.29. The van der Waals surface area contributed by atoms with Gasteiger partial charge in [-0.25, -0.2) is 9.97 Å². The van der Waals surface area contributed by atoms with Crippen LogP contribution < -0.4 is 14.5 Å². The molecule has 1 saturated heterocycles. The number of halogens is 1. The van der Waals surface area contributed by atoms with E-state index in [2.05, 4.69) is 54.5 Å². The summed E-state index contributed by atoms with van der Waals surface area (Å²) in [5.41, 5.74) is 1.21. The molecule has 0 N–H and O–H groups in total. The maximum Gasteiger partial charge on any atom is 0.225 e. The van der Waals surface area contributed by atoms with E-state index in [1.165, 1.54) is 5.69 Å². The monoisotopic (exact) mass is 396 g/mol. The zero-order chi connectivity index (χ0) is 14.7. The van der Waals surface area contributed by atoms with Crippen molar-refractivity contribution >= 4 is 34.2 Å². The van der Waals surface area contributed by atoms with E-state index in [1.54, 1.807) is 7.11 Å². The molecule has 3 rings (SSSR count). The van der Waals surface area contributed by atoms with Crippen molar-refractivity contribution < 1.29 is 4.74 Å². The Morgan fingerprint density at radius 2 is 1.71 bits per heavy atom. The van der Waals surface area contributed by atoms with E-state index >= 15 is 0 Å². The Bertz CT molecular complexity index is 597. The van der Waals surface area contributed by atoms with Crippen molar-refractivity contribution in [3.63, 3.8) is 0 Å². The van der Waals surface area contributed by atoms with Crippen LogP contribution in [-0.4, -0.2) is 43.3 Å². The van der Waals surface area contributed by atoms with Gasteiger partial charge in [-0.1, -0.05) is 6.07 Å². The minimum atomic E-state index is 0.820. The molecule has 0 radical (unpaired) electrons. The van der Waals surface area contributed by atoms with Gasteiger partial charge in [0.1, 0.15) is 5.75 Å². The predicted octanol–water partition coefficient (Wildman–Crippen LogP) is 2.42. The van der Waals surface area contributed by atoms with E-state index in [4.69, 9.17) is 4.74 Å². The molecule has 1 aromatic carbocycles. The van der Waals surface area contributed by atoms with E-state index in [0.717, 1.165) is 41.4 Å². The van der Waals surface area contributed by atoms with Crippen molar-refractivity contribution in [3.05, 3.63) is 40.2 Å². The van der Waals surface area contributed by atoms with Gasteiger partial charge < -0.3 is 14.5 Å². The number of piperazine rings is 1. The third kappa shape index (κ3) is 3.37. The van der Waals surface area contributed by atoms with Crippen LogP contribution in [0.15, 0.2) is 36.7 Å². The van der Waals surface area contributed by atoms with Gasteiger partial charge in [0.2, 0.25) is 5.95 Å². The molecular formula is C15H17IN4O. The summed E-state index contributed by atoms with van der Waals surface area (Å²) >= 11 is 2.22. The summed E-state index contributed by atoms with van der Waals surface area (Å²) in [6, 6.07) is 8.21. The fraction of sp³-hybridized carbons (Fsp3) is 0.333. The number of methoxy groups -OCH3 is 1. The molecule has 0 atom stereocenters. The average molecular weight is 396 g/mol. The summed E-state index contributed by atoms with van der Waals surface area (Å²) in [7, 11) is 1.70. The van der Waals surface area contributed by atoms with Crippen LogP contribution in [0.3, 0.4) is 0 Å². The van der Waals surface area contributed by atoms with Gasteiger partial charge in [0.05, 0.1) is 7.11 Å². The Labute approximate surface area is 138 Å². The van der Waals surface area contributed by atoms with Crippen LogP contribution in [0, 0.1) is 3.57 Å². The quantitative estimate of drug-likeness (QED) is 0.746. The fourth-order valence-electron chi connectivity index (χ4n) is 2.44. The molecule has 0 aliphatic carbocycles. The second kappa shape index (κ2) is 6.46. The van der Waals surface area contributed by atoms with Crippen LogP contribution in [0.5, 0.6) is 5.75 Å². The molecule has 1 aliphatic heterocycles. The first-order chi connectivity index (χ1) is 10.3. The van der Waals surface area contributed by atoms with Gasteiger partial charge in [0, 0.05) is 53.9 Å². The molecule has 0 bridgehead atoms. The summed E-state index contributed by atoms with van der Waals surface area (Å²) in [5.74, 6) is 1.72. The second-order valence-corrected chi connectivity index (χ2v) is 6.12. The van der Waals surface area contributed by atoms with Gasteiger partial charge in [-0.3, -0.25) is 0 Å². The van der Waals surface area contributed by atoms with Crippen LogP contribution in [-0.2, 0) is 0 Å². The van der Waals surface area contributed by atoms with E-state index in [0.29, 0.717) is 0 Å². The Kier molecular flexibility index (Phi) is 4.42. The summed E-state index contributed by atoms with van der Waals surface area (Å²) < 4.78 is 6.35. The molecule has 1 fully saturated rings. The molecule has 0 spiro atoms. The van der Waals surface area contributed by atoms with Crippen LogP contribution >= 0.6 is 22.6 Å². The number of hydrogen-bond acceptors (Lipinski definition) is 5. The standard InChI is InChI=1S/C15H17IN4O/c1-21-14-4-2-3-13(9-14)19-5-7-20(8-6-19)15-17-10-12(16)11-18-15/h2-4,9-11H,5-8H2,1H3. The normalized spacial score (nSPS) is 15.1. The van der Waals surface area contributed by atoms with Crippen molar-refractivity contribution in [1.82, 2.24) is 9.97 Å². The molecule has 21 heavy (non-hydrogen) atoms. The highest BCUT2D eigenvalue weighted by atomic mass is 127. The van der Waals surface area contributed by atoms with Gasteiger partial charge in [-0.15, -0.1) is 0 Å². The highest BCUT2D eigenvalue weighted by Crippen LogP contribution is 2.22. The Hall–Kier alpha value is -1.57. The maximum absolute atomic E-state index is 5.29. The van der Waals surface area contributed by atoms with Crippen LogP contribution in [0.4, 0.5) is 11.6 Å². The van der Waals surface area contributed by atoms with Crippen LogP contribution in [0.2, 0.25) is 0 Å². The van der Waals surface area contributed by atoms with Gasteiger partial charge in [-0.05, 0) is 34.7 Å². The molecule has 0 amide bonds. The minimum Gasteiger partial charge on any atom is -0.497 e. The minimum absolute atomic E-state index is 0.820. The first-order valence-corrected chi connectivity index (χ1v) is 7.95. The topological polar surface area (TPSA) is 41.5 Å². The van der Waals surface area contributed by atoms with Crippen molar-refractivity contribution in [2.24, 2.45) is 0 Å². The lowest BCUT2D eigenvalue weighted by Gasteiger charge is -2.36. The first kappa shape index (κ1) is 14.4. The van der Waals surface area contributed by atoms with Crippen molar-refractivity contribution in [1.29, 1.82) is 0 Å². The van der Waals surface area contributed by atoms with Crippen molar-refractivity contribution in [3.8, 4) is 5.75 Å². The molecule has 1 aromatic heterocycles. The zero-order valence-corrected chi connectivity index (χ0v) is 14.0. The number of benzene rings is 1. The smallest absolute Gasteiger partial charge is 0.225 e. The molecular weight excluding hydrogens is 379 g/mol. The first-order valence-electron chi connectivity index (χ1n) is 6.88. The summed E-state index contributed by atoms with van der Waals surface area (Å²) in [6.07, 6.45) is 3.72. The molecule has 0 unspecified atom stereocenters. The predicted molar refractivity (Wildman–Crippen MR) is 92.2 cm³/mol. The van der Waals surface area contributed by atoms with E-state index in [1.807, 2.05) is 24.5 Å². The average Bonchev–Trinajstić information content (AvgIpc) is 2.56. The Balaban J connectivity index is 1.65. The van der Waals surface area contributed by atoms with E-state index < -0.39 is 0 Å². The van der Waals surface area contributed by atoms with Gasteiger partial charge >= 0.3 is 0 Å². The number of hydrogen-bond donors (Lipinski definition) is 0. The molecule has 6 heteroatoms. The fourth-order valence-corrected chi connectivity index (χ4v) is 2.72. The van der Waals surface area contributed by atoms with Crippen LogP contribution in [0.25, 0.3) is 0 Å². The summed E-state index contributed by atoms with van der Waals surface area (Å²) in [5, 5.41) is 0. The van der Waals surface area contributed by atoms with E-state index in [-0.39, 0.29) is 0 Å². The number of aromatic nitrogens is 2. The number of anilines is 2. The largest absolute Gasteiger partial charge is 0.497 e. The summed E-state index contributed by atoms with van der Waals surface area (Å²) in [6.45, 7) is 3.78. The number of ether oxygens (including phenoxy) is 1. The summed E-state index contributed by atoms with van der Waals surface area (Å²) in [4.78, 5) is 13.4. The third-order valence-corrected chi connectivity index (χ3v) is 4.14. The molecule has 1 aliphatic rings. The highest BCUT2D eigenvalue weighted by molar-refractivity contribution is 14.1. The van der Waals surface area contributed by atoms with Gasteiger partial charge in [0.15, 0.2) is 0 Å². The highest BCUT2D eigenvalue weighted by Gasteiger charge is 2.19. The number of nitrogens with zero attached hydrogens (tertiary/aromatic N) is 4. The van der Waals surface area contributed by atoms with Gasteiger partial charge in [0.25, 0.3) is 0 Å². The molecule has 0 saturated carbocycles. The van der Waals surface area contributed by atoms with Crippen molar-refractivity contribution in [2.45, 2.75) is 0 Å². The molecule has 2 aromatic rings. The lowest BCUT2D eigenvalue weighted by molar-refractivity contribution is 0.414. The lowest BCUT2D eigenvalue weighted by atomic mass is 10.2. The molecule has 5 nitrogen and oxygen atoms in total. The zero-order valence-electron chi connectivity index (χ0n) is 11.9. The second-order valence-electron chi connectivity index (χ2n) is 4.88. The Morgan fingerprint density at radius 1 is 1.05 bits per heavy atom. The van der Waals surface area contributed by atoms with Gasteiger partial charge in [-0.2, -0.15) is 0 Å². The Morgan fingerprint density at radius 3 is 2.38 bits per heavy atom.